The molecule has 0 amide bonds. The van der Waals surface area contributed by atoms with E-state index >= 15 is 0 Å². The van der Waals surface area contributed by atoms with E-state index in [0.29, 0.717) is 11.5 Å². The first-order valence-electron chi connectivity index (χ1n) is 13.4. The quantitative estimate of drug-likeness (QED) is 0.137. The topological polar surface area (TPSA) is 56.7 Å². The molecule has 0 aliphatic rings. The number of rotatable bonds is 3. The number of nitrogens with zero attached hydrogens (tertiary/aromatic N) is 5. The van der Waals surface area contributed by atoms with Crippen LogP contribution in [0.5, 0.6) is 11.5 Å². The van der Waals surface area contributed by atoms with Crippen LogP contribution in [-0.4, -0.2) is 23.8 Å². The summed E-state index contributed by atoms with van der Waals surface area (Å²) in [5.41, 5.74) is 6.99. The number of aromatic nitrogens is 5. The fourth-order valence-corrected chi connectivity index (χ4v) is 5.98. The van der Waals surface area contributed by atoms with E-state index in [1.807, 2.05) is 65.6 Å². The van der Waals surface area contributed by atoms with Gasteiger partial charge in [-0.3, -0.25) is 15.0 Å². The molecule has 0 aliphatic carbocycles. The number of hydrogen-bond acceptors (Lipinski definition) is 4. The molecule has 0 spiro atoms. The summed E-state index contributed by atoms with van der Waals surface area (Å²) in [5.74, 6) is 1.18. The number of ether oxygens (including phenoxy) is 1. The first-order chi connectivity index (χ1) is 20.3. The Morgan fingerprint density at radius 2 is 1.29 bits per heavy atom. The van der Waals surface area contributed by atoms with Crippen molar-refractivity contribution in [2.75, 3.05) is 0 Å². The molecule has 200 valence electrons. The molecule has 0 unspecified atom stereocenters. The van der Waals surface area contributed by atoms with Gasteiger partial charge >= 0.3 is 21.1 Å². The molecule has 6 nitrogen and oxygen atoms in total. The molecule has 0 bridgehead atoms. The van der Waals surface area contributed by atoms with Crippen LogP contribution in [-0.2, 0) is 21.1 Å². The van der Waals surface area contributed by atoms with Gasteiger partial charge in [0.2, 0.25) is 0 Å². The van der Waals surface area contributed by atoms with Crippen LogP contribution in [0.3, 0.4) is 0 Å². The van der Waals surface area contributed by atoms with Crippen LogP contribution < -0.4 is 4.74 Å². The van der Waals surface area contributed by atoms with Gasteiger partial charge in [-0.25, -0.2) is 0 Å². The summed E-state index contributed by atoms with van der Waals surface area (Å²) >= 11 is 0. The Morgan fingerprint density at radius 3 is 2.10 bits per heavy atom. The van der Waals surface area contributed by atoms with Gasteiger partial charge in [0.1, 0.15) is 0 Å². The molecule has 0 radical (unpaired) electrons. The molecule has 0 N–H and O–H groups in total. The van der Waals surface area contributed by atoms with E-state index in [2.05, 4.69) is 75.0 Å². The third-order valence-corrected chi connectivity index (χ3v) is 7.74. The maximum absolute atomic E-state index is 6.36. The molecule has 0 fully saturated rings. The van der Waals surface area contributed by atoms with E-state index in [-0.39, 0.29) is 21.1 Å². The van der Waals surface area contributed by atoms with Crippen LogP contribution in [0.25, 0.3) is 65.9 Å². The third kappa shape index (κ3) is 3.59. The average molecular weight is 721 g/mol. The number of benzene rings is 4. The Kier molecular flexibility index (Phi) is 5.59. The summed E-state index contributed by atoms with van der Waals surface area (Å²) in [6.07, 6.45) is 9.39. The molecule has 0 atom stereocenters. The summed E-state index contributed by atoms with van der Waals surface area (Å²) in [4.78, 5) is 14.0. The fraction of sp³-hybridized carbons (Fsp3) is 0. The zero-order valence-corrected chi connectivity index (χ0v) is 24.2. The van der Waals surface area contributed by atoms with Crippen molar-refractivity contribution in [3.05, 3.63) is 128 Å². The molecule has 0 saturated carbocycles. The Balaban J connectivity index is 0.00000267. The smallest absolute Gasteiger partial charge is 0.497 e. The summed E-state index contributed by atoms with van der Waals surface area (Å²) in [7, 11) is 0. The van der Waals surface area contributed by atoms with Crippen LogP contribution in [0.15, 0.2) is 116 Å². The average Bonchev–Trinajstić information content (AvgIpc) is 3.73. The van der Waals surface area contributed by atoms with Gasteiger partial charge in [-0.2, -0.15) is 0 Å². The van der Waals surface area contributed by atoms with Crippen LogP contribution in [0.2, 0.25) is 0 Å². The van der Waals surface area contributed by atoms with E-state index in [1.165, 1.54) is 0 Å². The molecular weight excluding hydrogens is 701 g/mol. The van der Waals surface area contributed by atoms with Crippen molar-refractivity contribution in [1.82, 2.24) is 23.8 Å². The summed E-state index contributed by atoms with van der Waals surface area (Å²) in [6, 6.07) is 35.8. The van der Waals surface area contributed by atoms with Crippen LogP contribution >= 0.6 is 0 Å². The molecule has 5 aromatic heterocycles. The number of hydrogen-bond donors (Lipinski definition) is 0. The summed E-state index contributed by atoms with van der Waals surface area (Å²) in [5, 5.41) is 4.94. The van der Waals surface area contributed by atoms with E-state index in [4.69, 9.17) is 9.72 Å². The van der Waals surface area contributed by atoms with Crippen molar-refractivity contribution >= 4 is 54.8 Å². The van der Waals surface area contributed by atoms with Gasteiger partial charge in [0.25, 0.3) is 0 Å². The van der Waals surface area contributed by atoms with Gasteiger partial charge in [-0.1, -0.05) is 94.3 Å². The van der Waals surface area contributed by atoms with E-state index in [9.17, 15) is 0 Å². The van der Waals surface area contributed by atoms with Gasteiger partial charge in [0.05, 0.1) is 22.3 Å². The minimum Gasteiger partial charge on any atom is -0.497 e. The normalized spacial score (nSPS) is 11.6. The van der Waals surface area contributed by atoms with Crippen LogP contribution in [0.4, 0.5) is 0 Å². The van der Waals surface area contributed by atoms with Crippen LogP contribution in [0, 0.1) is 12.1 Å². The maximum atomic E-state index is 6.36. The van der Waals surface area contributed by atoms with Crippen LogP contribution in [0.1, 0.15) is 0 Å². The van der Waals surface area contributed by atoms with E-state index in [1.54, 1.807) is 6.20 Å². The van der Waals surface area contributed by atoms with Crippen molar-refractivity contribution < 1.29 is 25.8 Å². The van der Waals surface area contributed by atoms with Crippen molar-refractivity contribution in [2.45, 2.75) is 0 Å². The molecule has 4 aromatic carbocycles. The Morgan fingerprint density at radius 1 is 0.571 bits per heavy atom. The zero-order valence-electron chi connectivity index (χ0n) is 21.9. The van der Waals surface area contributed by atoms with E-state index in [0.717, 1.165) is 65.9 Å². The van der Waals surface area contributed by atoms with Crippen molar-refractivity contribution in [1.29, 1.82) is 0 Å². The fourth-order valence-electron chi connectivity index (χ4n) is 5.98. The zero-order chi connectivity index (χ0) is 26.9. The van der Waals surface area contributed by atoms with Crippen molar-refractivity contribution in [2.24, 2.45) is 0 Å². The largest absolute Gasteiger partial charge is 2.00 e. The Labute approximate surface area is 254 Å². The Bertz CT molecular complexity index is 2460. The SMILES string of the molecule is [Pt+2].[c-]1c(Oc2[c-]c3c(cc2)c2cccc(-c4ccccc4)c2n2ccnc32)ccc2c1c1nccn1c1cccnc21. The molecule has 42 heavy (non-hydrogen) atoms. The van der Waals surface area contributed by atoms with Gasteiger partial charge < -0.3 is 13.5 Å². The third-order valence-electron chi connectivity index (χ3n) is 7.74. The van der Waals surface area contributed by atoms with E-state index < -0.39 is 0 Å². The van der Waals surface area contributed by atoms with Crippen molar-refractivity contribution in [3.63, 3.8) is 0 Å². The second-order valence-electron chi connectivity index (χ2n) is 10.0. The minimum absolute atomic E-state index is 0. The van der Waals surface area contributed by atoms with Gasteiger partial charge in [0.15, 0.2) is 0 Å². The molecule has 5 heterocycles. The van der Waals surface area contributed by atoms with Gasteiger partial charge in [-0.15, -0.1) is 12.1 Å². The number of para-hydroxylation sites is 1. The summed E-state index contributed by atoms with van der Waals surface area (Å²) < 4.78 is 10.5. The van der Waals surface area contributed by atoms with Gasteiger partial charge in [-0.05, 0) is 23.1 Å². The molecule has 0 aliphatic heterocycles. The number of fused-ring (bicyclic) bond motifs is 12. The number of pyridine rings is 3. The molecule has 9 aromatic rings. The minimum atomic E-state index is 0. The predicted octanol–water partition coefficient (Wildman–Crippen LogP) is 8.05. The maximum Gasteiger partial charge on any atom is 2.00 e. The first-order valence-corrected chi connectivity index (χ1v) is 13.4. The summed E-state index contributed by atoms with van der Waals surface area (Å²) in [6.45, 7) is 0. The first kappa shape index (κ1) is 24.7. The number of imidazole rings is 2. The molecule has 0 saturated heterocycles. The standard InChI is InChI=1S/C35H19N5O.Pt/c1-2-6-22(7-3-1)25-8-4-9-28-26-13-11-23(20-29(26)35-38-17-19-40(35)33(25)28)41-24-12-14-27-30(21-24)34-37-16-18-39(34)31-10-5-15-36-32(27)31;/h1-19H;/q-2;+2. The predicted molar refractivity (Wildman–Crippen MR) is 161 cm³/mol. The monoisotopic (exact) mass is 720 g/mol. The molecular formula is C35H19N5OPt. The molecule has 7 heteroatoms. The second-order valence-corrected chi connectivity index (χ2v) is 10.0. The molecule has 9 rings (SSSR count). The Hall–Kier alpha value is -5.06. The second kappa shape index (κ2) is 9.50. The van der Waals surface area contributed by atoms with Crippen molar-refractivity contribution in [3.8, 4) is 22.6 Å². The van der Waals surface area contributed by atoms with Gasteiger partial charge in [0, 0.05) is 53.6 Å².